The van der Waals surface area contributed by atoms with Gasteiger partial charge in [-0.15, -0.1) is 10.2 Å². The van der Waals surface area contributed by atoms with Crippen molar-refractivity contribution >= 4 is 15.8 Å². The first-order chi connectivity index (χ1) is 14.8. The number of benzene rings is 2. The molecule has 0 saturated heterocycles. The lowest BCUT2D eigenvalue weighted by molar-refractivity contribution is 0.0438. The minimum absolute atomic E-state index is 0.0180. The van der Waals surface area contributed by atoms with Crippen LogP contribution >= 0.6 is 0 Å². The first-order valence-corrected chi connectivity index (χ1v) is 10.8. The summed E-state index contributed by atoms with van der Waals surface area (Å²) in [7, 11) is 1.01. The predicted octanol–water partition coefficient (Wildman–Crippen LogP) is 2.52. The molecule has 164 valence electrons. The summed E-state index contributed by atoms with van der Waals surface area (Å²) in [6, 6.07) is 8.83. The molecule has 0 saturated carbocycles. The second-order valence-corrected chi connectivity index (χ2v) is 8.31. The van der Waals surface area contributed by atoms with Crippen LogP contribution in [0.15, 0.2) is 45.7 Å². The third-order valence-electron chi connectivity index (χ3n) is 4.20. The summed E-state index contributed by atoms with van der Waals surface area (Å²) in [5, 5.41) is 7.82. The van der Waals surface area contributed by atoms with E-state index < -0.39 is 15.8 Å². The summed E-state index contributed by atoms with van der Waals surface area (Å²) in [6.45, 7) is -0.292. The first-order valence-electron chi connectivity index (χ1n) is 8.86. The van der Waals surface area contributed by atoms with Gasteiger partial charge in [-0.1, -0.05) is 6.07 Å². The van der Waals surface area contributed by atoms with Gasteiger partial charge < -0.3 is 23.4 Å². The highest BCUT2D eigenvalue weighted by Crippen LogP contribution is 2.40. The highest BCUT2D eigenvalue weighted by atomic mass is 32.2. The molecule has 0 fully saturated rings. The van der Waals surface area contributed by atoms with Crippen LogP contribution in [0.5, 0.6) is 17.2 Å². The van der Waals surface area contributed by atoms with E-state index in [0.717, 1.165) is 6.26 Å². The number of ether oxygens (including phenoxy) is 4. The molecule has 0 bridgehead atoms. The normalized spacial score (nSPS) is 11.1. The van der Waals surface area contributed by atoms with Crippen LogP contribution in [0.4, 0.5) is 0 Å². The molecule has 0 N–H and O–H groups in total. The van der Waals surface area contributed by atoms with E-state index in [-0.39, 0.29) is 28.8 Å². The van der Waals surface area contributed by atoms with Crippen molar-refractivity contribution < 1.29 is 36.6 Å². The number of aromatic nitrogens is 2. The molecular formula is C20H20N2O8S. The van der Waals surface area contributed by atoms with Gasteiger partial charge in [0.05, 0.1) is 31.8 Å². The highest BCUT2D eigenvalue weighted by molar-refractivity contribution is 7.90. The van der Waals surface area contributed by atoms with E-state index >= 15 is 0 Å². The van der Waals surface area contributed by atoms with Gasteiger partial charge in [0.25, 0.3) is 5.89 Å². The molecule has 3 aromatic rings. The lowest BCUT2D eigenvalue weighted by Crippen LogP contribution is -2.07. The quantitative estimate of drug-likeness (QED) is 0.474. The fraction of sp³-hybridized carbons (Fsp3) is 0.250. The molecule has 0 aliphatic rings. The standard InChI is InChI=1S/C20H20N2O8S/c1-26-15-9-13(10-16(27-2)18(15)28-3)19-22-21-17(30-19)11-29-20(23)12-6-5-7-14(8-12)31(4,24)25/h5-10H,11H2,1-4H3. The number of hydrogen-bond acceptors (Lipinski definition) is 10. The van der Waals surface area contributed by atoms with Crippen molar-refractivity contribution in [1.82, 2.24) is 10.2 Å². The van der Waals surface area contributed by atoms with Gasteiger partial charge in [-0.3, -0.25) is 0 Å². The molecule has 0 atom stereocenters. The zero-order chi connectivity index (χ0) is 22.6. The molecule has 31 heavy (non-hydrogen) atoms. The van der Waals surface area contributed by atoms with Crippen LogP contribution in [0.25, 0.3) is 11.5 Å². The molecule has 0 spiro atoms. The number of carbonyl (C=O) groups is 1. The zero-order valence-corrected chi connectivity index (χ0v) is 18.1. The summed E-state index contributed by atoms with van der Waals surface area (Å²) in [6.07, 6.45) is 1.06. The number of carbonyl (C=O) groups excluding carboxylic acids is 1. The van der Waals surface area contributed by atoms with Crippen molar-refractivity contribution in [2.45, 2.75) is 11.5 Å². The Hall–Kier alpha value is -3.60. The van der Waals surface area contributed by atoms with Gasteiger partial charge in [-0.05, 0) is 30.3 Å². The Morgan fingerprint density at radius 2 is 1.68 bits per heavy atom. The first kappa shape index (κ1) is 22.1. The Kier molecular flexibility index (Phi) is 6.44. The van der Waals surface area contributed by atoms with Gasteiger partial charge in [-0.25, -0.2) is 13.2 Å². The fourth-order valence-corrected chi connectivity index (χ4v) is 3.36. The average molecular weight is 448 g/mol. The van der Waals surface area contributed by atoms with E-state index in [1.807, 2.05) is 0 Å². The lowest BCUT2D eigenvalue weighted by Gasteiger charge is -2.12. The van der Waals surface area contributed by atoms with Crippen LogP contribution in [-0.4, -0.2) is 52.2 Å². The average Bonchev–Trinajstić information content (AvgIpc) is 3.25. The maximum atomic E-state index is 12.3. The van der Waals surface area contributed by atoms with Crippen LogP contribution in [-0.2, 0) is 21.2 Å². The van der Waals surface area contributed by atoms with Gasteiger partial charge in [0.2, 0.25) is 11.6 Å². The Balaban J connectivity index is 1.76. The number of methoxy groups -OCH3 is 3. The van der Waals surface area contributed by atoms with E-state index in [4.69, 9.17) is 23.4 Å². The third kappa shape index (κ3) is 4.94. The molecule has 10 nitrogen and oxygen atoms in total. The van der Waals surface area contributed by atoms with Crippen LogP contribution in [0, 0.1) is 0 Å². The predicted molar refractivity (Wildman–Crippen MR) is 108 cm³/mol. The van der Waals surface area contributed by atoms with Crippen LogP contribution < -0.4 is 14.2 Å². The zero-order valence-electron chi connectivity index (χ0n) is 17.2. The van der Waals surface area contributed by atoms with Crippen molar-refractivity contribution in [3.05, 3.63) is 47.9 Å². The second-order valence-electron chi connectivity index (χ2n) is 6.29. The number of sulfone groups is 1. The number of hydrogen-bond donors (Lipinski definition) is 0. The summed E-state index contributed by atoms with van der Waals surface area (Å²) in [4.78, 5) is 12.3. The SMILES string of the molecule is COc1cc(-c2nnc(COC(=O)c3cccc(S(C)(=O)=O)c3)o2)cc(OC)c1OC. The Labute approximate surface area is 178 Å². The number of rotatable bonds is 8. The van der Waals surface area contributed by atoms with Crippen molar-refractivity contribution in [2.75, 3.05) is 27.6 Å². The van der Waals surface area contributed by atoms with Crippen molar-refractivity contribution in [2.24, 2.45) is 0 Å². The summed E-state index contributed by atoms with van der Waals surface area (Å²) in [5.41, 5.74) is 0.604. The van der Waals surface area contributed by atoms with E-state index in [9.17, 15) is 13.2 Å². The molecule has 0 aliphatic heterocycles. The summed E-state index contributed by atoms with van der Waals surface area (Å²) < 4.78 is 49.9. The Bertz CT molecular complexity index is 1180. The van der Waals surface area contributed by atoms with E-state index in [2.05, 4.69) is 10.2 Å². The minimum atomic E-state index is -3.45. The maximum absolute atomic E-state index is 12.3. The molecule has 0 amide bonds. The topological polar surface area (TPSA) is 127 Å². The summed E-state index contributed by atoms with van der Waals surface area (Å²) >= 11 is 0. The van der Waals surface area contributed by atoms with Gasteiger partial charge in [0.15, 0.2) is 27.9 Å². The molecule has 0 radical (unpaired) electrons. The lowest BCUT2D eigenvalue weighted by atomic mass is 10.2. The van der Waals surface area contributed by atoms with Crippen LogP contribution in [0.2, 0.25) is 0 Å². The van der Waals surface area contributed by atoms with Crippen LogP contribution in [0.3, 0.4) is 0 Å². The van der Waals surface area contributed by atoms with E-state index in [1.54, 1.807) is 12.1 Å². The molecule has 1 heterocycles. The second kappa shape index (κ2) is 9.04. The third-order valence-corrected chi connectivity index (χ3v) is 5.31. The van der Waals surface area contributed by atoms with Gasteiger partial charge in [0.1, 0.15) is 0 Å². The van der Waals surface area contributed by atoms with Crippen molar-refractivity contribution in [3.63, 3.8) is 0 Å². The number of nitrogens with zero attached hydrogens (tertiary/aromatic N) is 2. The monoisotopic (exact) mass is 448 g/mol. The van der Waals surface area contributed by atoms with Crippen molar-refractivity contribution in [1.29, 1.82) is 0 Å². The molecule has 2 aromatic carbocycles. The molecule has 0 unspecified atom stereocenters. The molecule has 0 aliphatic carbocycles. The molecule has 3 rings (SSSR count). The van der Waals surface area contributed by atoms with Gasteiger partial charge in [0, 0.05) is 11.8 Å². The smallest absolute Gasteiger partial charge is 0.338 e. The Morgan fingerprint density at radius 3 is 2.26 bits per heavy atom. The summed E-state index contributed by atoms with van der Waals surface area (Å²) in [5.74, 6) is 0.722. The van der Waals surface area contributed by atoms with Gasteiger partial charge >= 0.3 is 5.97 Å². The number of esters is 1. The van der Waals surface area contributed by atoms with Crippen molar-refractivity contribution in [3.8, 4) is 28.7 Å². The molecular weight excluding hydrogens is 428 g/mol. The maximum Gasteiger partial charge on any atom is 0.338 e. The largest absolute Gasteiger partial charge is 0.493 e. The van der Waals surface area contributed by atoms with E-state index in [1.165, 1.54) is 45.6 Å². The minimum Gasteiger partial charge on any atom is -0.493 e. The molecule has 1 aromatic heterocycles. The fourth-order valence-electron chi connectivity index (χ4n) is 2.70. The van der Waals surface area contributed by atoms with Gasteiger partial charge in [-0.2, -0.15) is 0 Å². The van der Waals surface area contributed by atoms with Crippen LogP contribution in [0.1, 0.15) is 16.2 Å². The molecule has 11 heteroatoms. The van der Waals surface area contributed by atoms with E-state index in [0.29, 0.717) is 22.8 Å². The highest BCUT2D eigenvalue weighted by Gasteiger charge is 2.19. The Morgan fingerprint density at radius 1 is 1.00 bits per heavy atom.